The number of rotatable bonds is 4. The Balaban J connectivity index is 1.81. The van der Waals surface area contributed by atoms with Crippen molar-refractivity contribution in [2.75, 3.05) is 22.9 Å². The third-order valence-corrected chi connectivity index (χ3v) is 3.93. The molecule has 0 aliphatic carbocycles. The van der Waals surface area contributed by atoms with Crippen molar-refractivity contribution in [2.45, 2.75) is 39.1 Å². The van der Waals surface area contributed by atoms with Crippen LogP contribution >= 0.6 is 0 Å². The largest absolute Gasteiger partial charge is 0.388 e. The van der Waals surface area contributed by atoms with E-state index in [0.717, 1.165) is 0 Å². The Bertz CT molecular complexity index is 688. The van der Waals surface area contributed by atoms with Crippen LogP contribution in [0.3, 0.4) is 0 Å². The van der Waals surface area contributed by atoms with Crippen molar-refractivity contribution in [2.24, 2.45) is 0 Å². The summed E-state index contributed by atoms with van der Waals surface area (Å²) in [4.78, 5) is 29.0. The molecule has 10 nitrogen and oxygen atoms in total. The normalized spacial score (nSPS) is 21.2. The Hall–Kier alpha value is -2.46. The van der Waals surface area contributed by atoms with Crippen molar-refractivity contribution in [3.63, 3.8) is 0 Å². The fourth-order valence-electron chi connectivity index (χ4n) is 2.95. The summed E-state index contributed by atoms with van der Waals surface area (Å²) in [7, 11) is 0. The lowest BCUT2D eigenvalue weighted by molar-refractivity contribution is 0.270. The molecule has 0 spiro atoms. The minimum absolute atomic E-state index is 0.108. The molecule has 3 heterocycles. The second-order valence-electron chi connectivity index (χ2n) is 5.73. The van der Waals surface area contributed by atoms with Gasteiger partial charge in [0, 0.05) is 25.2 Å². The molecule has 0 amide bonds. The van der Waals surface area contributed by atoms with Crippen LogP contribution in [0.1, 0.15) is 25.5 Å². The molecular formula is C14H20N8O2. The highest BCUT2D eigenvalue weighted by Gasteiger charge is 2.32. The van der Waals surface area contributed by atoms with E-state index in [-0.39, 0.29) is 25.3 Å². The summed E-state index contributed by atoms with van der Waals surface area (Å²) in [5.41, 5.74) is 0. The Labute approximate surface area is 139 Å². The van der Waals surface area contributed by atoms with E-state index in [1.165, 1.54) is 12.7 Å². The number of anilines is 2. The van der Waals surface area contributed by atoms with Crippen LogP contribution < -0.4 is 9.80 Å². The summed E-state index contributed by atoms with van der Waals surface area (Å²) in [5, 5.41) is 18.4. The minimum Gasteiger partial charge on any atom is -0.388 e. The van der Waals surface area contributed by atoms with Crippen LogP contribution in [0.4, 0.5) is 11.9 Å². The van der Waals surface area contributed by atoms with Crippen molar-refractivity contribution in [1.29, 1.82) is 0 Å². The van der Waals surface area contributed by atoms with Crippen molar-refractivity contribution in [3.8, 4) is 0 Å². The molecule has 0 saturated carbocycles. The van der Waals surface area contributed by atoms with Crippen LogP contribution in [0.2, 0.25) is 0 Å². The van der Waals surface area contributed by atoms with Crippen molar-refractivity contribution >= 4 is 11.9 Å². The summed E-state index contributed by atoms with van der Waals surface area (Å²) in [6, 6.07) is 0.217. The molecule has 2 aromatic heterocycles. The fraction of sp³-hybridized carbons (Fsp3) is 0.571. The standard InChI is InChI=1S/C14H20N8O2/c1-9-3-21(13-17-7-15-11(5-23)19-13)4-10(2)22(9)14-18-8-16-12(6-24)20-14/h7-10,23-24H,3-6H2,1-2H3/t9-,10+. The van der Waals surface area contributed by atoms with Crippen LogP contribution in [0, 0.1) is 0 Å². The lowest BCUT2D eigenvalue weighted by Crippen LogP contribution is -2.58. The molecule has 24 heavy (non-hydrogen) atoms. The maximum Gasteiger partial charge on any atom is 0.229 e. The second kappa shape index (κ2) is 6.97. The number of piperazine rings is 1. The van der Waals surface area contributed by atoms with Crippen LogP contribution in [0.15, 0.2) is 12.7 Å². The van der Waals surface area contributed by atoms with Crippen molar-refractivity contribution < 1.29 is 10.2 Å². The van der Waals surface area contributed by atoms with Gasteiger partial charge in [0.05, 0.1) is 0 Å². The van der Waals surface area contributed by atoms with Crippen LogP contribution in [0.25, 0.3) is 0 Å². The first-order valence-corrected chi connectivity index (χ1v) is 7.73. The summed E-state index contributed by atoms with van der Waals surface area (Å²) in [6.07, 6.45) is 2.83. The summed E-state index contributed by atoms with van der Waals surface area (Å²) < 4.78 is 0. The molecule has 10 heteroatoms. The Morgan fingerprint density at radius 1 is 0.875 bits per heavy atom. The summed E-state index contributed by atoms with van der Waals surface area (Å²) >= 11 is 0. The Kier molecular flexibility index (Phi) is 4.76. The third kappa shape index (κ3) is 3.24. The quantitative estimate of drug-likeness (QED) is 0.731. The van der Waals surface area contributed by atoms with Gasteiger partial charge in [0.1, 0.15) is 25.9 Å². The molecule has 0 bridgehead atoms. The van der Waals surface area contributed by atoms with Crippen molar-refractivity contribution in [1.82, 2.24) is 29.9 Å². The average molecular weight is 332 g/mol. The predicted molar refractivity (Wildman–Crippen MR) is 85.1 cm³/mol. The van der Waals surface area contributed by atoms with E-state index in [0.29, 0.717) is 36.6 Å². The molecule has 2 N–H and O–H groups in total. The monoisotopic (exact) mass is 332 g/mol. The first kappa shape index (κ1) is 16.4. The van der Waals surface area contributed by atoms with Crippen molar-refractivity contribution in [3.05, 3.63) is 24.3 Å². The van der Waals surface area contributed by atoms with Gasteiger partial charge in [-0.1, -0.05) is 0 Å². The summed E-state index contributed by atoms with van der Waals surface area (Å²) in [6.45, 7) is 5.07. The molecule has 3 rings (SSSR count). The number of aromatic nitrogens is 6. The molecule has 2 atom stereocenters. The first-order chi connectivity index (χ1) is 11.6. The van der Waals surface area contributed by atoms with Gasteiger partial charge >= 0.3 is 0 Å². The fourth-order valence-corrected chi connectivity index (χ4v) is 2.95. The van der Waals surface area contributed by atoms with E-state index >= 15 is 0 Å². The number of hydrogen-bond donors (Lipinski definition) is 2. The number of nitrogens with zero attached hydrogens (tertiary/aromatic N) is 8. The van der Waals surface area contributed by atoms with Crippen LogP contribution in [-0.2, 0) is 13.2 Å². The van der Waals surface area contributed by atoms with E-state index in [1.54, 1.807) is 0 Å². The highest BCUT2D eigenvalue weighted by atomic mass is 16.3. The lowest BCUT2D eigenvalue weighted by atomic mass is 10.1. The average Bonchev–Trinajstić information content (AvgIpc) is 2.61. The van der Waals surface area contributed by atoms with Gasteiger partial charge in [0.15, 0.2) is 11.6 Å². The second-order valence-corrected chi connectivity index (χ2v) is 5.73. The highest BCUT2D eigenvalue weighted by Crippen LogP contribution is 2.23. The molecule has 0 unspecified atom stereocenters. The zero-order chi connectivity index (χ0) is 17.1. The molecule has 1 saturated heterocycles. The van der Waals surface area contributed by atoms with Crippen LogP contribution in [0.5, 0.6) is 0 Å². The zero-order valence-corrected chi connectivity index (χ0v) is 13.6. The third-order valence-electron chi connectivity index (χ3n) is 3.93. The molecule has 2 aromatic rings. The van der Waals surface area contributed by atoms with Gasteiger partial charge in [0.25, 0.3) is 0 Å². The predicted octanol–water partition coefficient (Wildman–Crippen LogP) is -0.855. The van der Waals surface area contributed by atoms with Crippen LogP contribution in [-0.4, -0.2) is 65.3 Å². The Morgan fingerprint density at radius 2 is 1.38 bits per heavy atom. The van der Waals surface area contributed by atoms with Gasteiger partial charge < -0.3 is 20.0 Å². The molecule has 128 valence electrons. The van der Waals surface area contributed by atoms with Gasteiger partial charge in [-0.15, -0.1) is 0 Å². The maximum absolute atomic E-state index is 9.21. The SMILES string of the molecule is C[C@@H]1CN(c2ncnc(CO)n2)C[C@H](C)N1c1ncnc(CO)n1. The van der Waals surface area contributed by atoms with Gasteiger partial charge in [-0.05, 0) is 13.8 Å². The lowest BCUT2D eigenvalue weighted by Gasteiger charge is -2.44. The molecule has 0 aromatic carbocycles. The molecule has 1 aliphatic rings. The Morgan fingerprint density at radius 3 is 1.92 bits per heavy atom. The summed E-state index contributed by atoms with van der Waals surface area (Å²) in [5.74, 6) is 1.82. The number of aliphatic hydroxyl groups excluding tert-OH is 2. The van der Waals surface area contributed by atoms with E-state index in [1.807, 2.05) is 0 Å². The smallest absolute Gasteiger partial charge is 0.229 e. The van der Waals surface area contributed by atoms with E-state index in [4.69, 9.17) is 0 Å². The molecule has 1 aliphatic heterocycles. The van der Waals surface area contributed by atoms with Gasteiger partial charge in [0.2, 0.25) is 11.9 Å². The van der Waals surface area contributed by atoms with E-state index in [2.05, 4.69) is 53.6 Å². The molecular weight excluding hydrogens is 312 g/mol. The van der Waals surface area contributed by atoms with Gasteiger partial charge in [-0.2, -0.15) is 9.97 Å². The molecule has 1 fully saturated rings. The first-order valence-electron chi connectivity index (χ1n) is 7.73. The molecule has 0 radical (unpaired) electrons. The number of aliphatic hydroxyl groups is 2. The maximum atomic E-state index is 9.21. The highest BCUT2D eigenvalue weighted by molar-refractivity contribution is 5.40. The minimum atomic E-state index is -0.215. The van der Waals surface area contributed by atoms with Gasteiger partial charge in [-0.25, -0.2) is 19.9 Å². The topological polar surface area (TPSA) is 124 Å². The van der Waals surface area contributed by atoms with Gasteiger partial charge in [-0.3, -0.25) is 0 Å². The number of hydrogen-bond acceptors (Lipinski definition) is 10. The zero-order valence-electron chi connectivity index (χ0n) is 13.6. The van der Waals surface area contributed by atoms with E-state index < -0.39 is 0 Å². The van der Waals surface area contributed by atoms with E-state index in [9.17, 15) is 10.2 Å².